The molecule has 0 N–H and O–H groups in total. The highest BCUT2D eigenvalue weighted by Crippen LogP contribution is 2.63. The molecule has 1 nitrogen and oxygen atoms in total. The number of carbonyl (C=O) groups is 1. The Morgan fingerprint density at radius 2 is 2.00 bits per heavy atom. The first-order valence-electron chi connectivity index (χ1n) is 6.64. The van der Waals surface area contributed by atoms with Gasteiger partial charge in [0, 0.05) is 11.8 Å². The highest BCUT2D eigenvalue weighted by atomic mass is 16.1. The van der Waals surface area contributed by atoms with E-state index >= 15 is 0 Å². The molecule has 0 saturated heterocycles. The fourth-order valence-electron chi connectivity index (χ4n) is 4.90. The quantitative estimate of drug-likeness (QED) is 0.569. The molecular formula is C15H22O. The van der Waals surface area contributed by atoms with Gasteiger partial charge >= 0.3 is 0 Å². The van der Waals surface area contributed by atoms with Crippen LogP contribution in [-0.4, -0.2) is 5.78 Å². The number of hydrogen-bond donors (Lipinski definition) is 0. The summed E-state index contributed by atoms with van der Waals surface area (Å²) < 4.78 is 0. The molecule has 1 heteroatoms. The number of hydrogen-bond acceptors (Lipinski definition) is 1. The highest BCUT2D eigenvalue weighted by Gasteiger charge is 2.61. The summed E-state index contributed by atoms with van der Waals surface area (Å²) >= 11 is 0. The van der Waals surface area contributed by atoms with Crippen molar-refractivity contribution >= 4 is 5.78 Å². The van der Waals surface area contributed by atoms with Gasteiger partial charge < -0.3 is 0 Å². The average Bonchev–Trinajstić information content (AvgIpc) is 2.40. The van der Waals surface area contributed by atoms with Crippen LogP contribution in [0.25, 0.3) is 0 Å². The van der Waals surface area contributed by atoms with Crippen LogP contribution in [0.1, 0.15) is 40.5 Å². The zero-order chi connectivity index (χ0) is 11.7. The van der Waals surface area contributed by atoms with E-state index in [2.05, 4.69) is 33.8 Å². The summed E-state index contributed by atoms with van der Waals surface area (Å²) in [6.07, 6.45) is 4.48. The van der Waals surface area contributed by atoms with Gasteiger partial charge in [0.1, 0.15) is 5.78 Å². The molecule has 3 aliphatic rings. The summed E-state index contributed by atoms with van der Waals surface area (Å²) in [5.41, 5.74) is 1.49. The van der Waals surface area contributed by atoms with Gasteiger partial charge in [-0.05, 0) is 42.9 Å². The van der Waals surface area contributed by atoms with Crippen LogP contribution in [0.2, 0.25) is 0 Å². The molecule has 0 spiro atoms. The van der Waals surface area contributed by atoms with Crippen molar-refractivity contribution in [2.24, 2.45) is 35.0 Å². The van der Waals surface area contributed by atoms with E-state index in [0.29, 0.717) is 23.5 Å². The summed E-state index contributed by atoms with van der Waals surface area (Å²) in [6.45, 7) is 9.04. The Morgan fingerprint density at radius 3 is 2.69 bits per heavy atom. The van der Waals surface area contributed by atoms with Crippen LogP contribution in [0.15, 0.2) is 11.6 Å². The fraction of sp³-hybridized carbons (Fsp3) is 0.800. The summed E-state index contributed by atoms with van der Waals surface area (Å²) in [5, 5.41) is 0. The Labute approximate surface area is 98.3 Å². The molecule has 0 heterocycles. The Bertz CT molecular complexity index is 377. The number of rotatable bonds is 0. The van der Waals surface area contributed by atoms with E-state index in [1.54, 1.807) is 5.57 Å². The zero-order valence-electron chi connectivity index (χ0n) is 10.8. The maximum Gasteiger partial charge on any atom is 0.139 e. The van der Waals surface area contributed by atoms with Crippen molar-refractivity contribution in [2.75, 3.05) is 0 Å². The molecule has 0 aromatic carbocycles. The van der Waals surface area contributed by atoms with E-state index in [1.807, 2.05) is 0 Å². The van der Waals surface area contributed by atoms with Crippen molar-refractivity contribution in [3.8, 4) is 0 Å². The highest BCUT2D eigenvalue weighted by molar-refractivity contribution is 5.86. The Balaban J connectivity index is 2.12. The summed E-state index contributed by atoms with van der Waals surface area (Å²) in [4.78, 5) is 12.2. The lowest BCUT2D eigenvalue weighted by Crippen LogP contribution is -2.44. The molecular weight excluding hydrogens is 196 g/mol. The van der Waals surface area contributed by atoms with E-state index < -0.39 is 0 Å². The second kappa shape index (κ2) is 3.00. The fourth-order valence-corrected chi connectivity index (χ4v) is 4.90. The normalized spacial score (nSPS) is 49.1. The third-order valence-corrected chi connectivity index (χ3v) is 5.87. The van der Waals surface area contributed by atoms with Gasteiger partial charge in [-0.3, -0.25) is 4.79 Å². The topological polar surface area (TPSA) is 17.1 Å². The van der Waals surface area contributed by atoms with Crippen LogP contribution >= 0.6 is 0 Å². The predicted molar refractivity (Wildman–Crippen MR) is 64.9 cm³/mol. The maximum absolute atomic E-state index is 12.2. The van der Waals surface area contributed by atoms with Gasteiger partial charge in [-0.15, -0.1) is 0 Å². The third-order valence-electron chi connectivity index (χ3n) is 5.87. The first-order valence-corrected chi connectivity index (χ1v) is 6.64. The molecule has 0 aromatic rings. The molecule has 0 radical (unpaired) electrons. The predicted octanol–water partition coefficient (Wildman–Crippen LogP) is 3.45. The standard InChI is InChI=1S/C15H22O/c1-8-5-6-10-9(2)11-7-12(16)15(3,4)14(10)13(8)11/h5,9-11,13-14H,6-7H2,1-4H3/t9-,10+,11-,13-,14-/m1/s1. The van der Waals surface area contributed by atoms with Crippen LogP contribution in [0.5, 0.6) is 0 Å². The number of carbonyl (C=O) groups excluding carboxylic acids is 1. The number of Topliss-reactive ketones (excluding diaryl/α,β-unsaturated/α-hetero) is 1. The number of ketones is 1. The van der Waals surface area contributed by atoms with Gasteiger partial charge in [0.15, 0.2) is 0 Å². The minimum Gasteiger partial charge on any atom is -0.299 e. The summed E-state index contributed by atoms with van der Waals surface area (Å²) in [5.74, 6) is 4.01. The molecule has 3 rings (SSSR count). The largest absolute Gasteiger partial charge is 0.299 e. The second-order valence-electron chi connectivity index (χ2n) is 6.77. The van der Waals surface area contributed by atoms with E-state index in [0.717, 1.165) is 18.3 Å². The van der Waals surface area contributed by atoms with Crippen LogP contribution in [0.4, 0.5) is 0 Å². The zero-order valence-corrected chi connectivity index (χ0v) is 10.8. The van der Waals surface area contributed by atoms with E-state index in [-0.39, 0.29) is 5.41 Å². The van der Waals surface area contributed by atoms with Gasteiger partial charge in [0.25, 0.3) is 0 Å². The Morgan fingerprint density at radius 1 is 1.31 bits per heavy atom. The summed E-state index contributed by atoms with van der Waals surface area (Å²) in [7, 11) is 0. The van der Waals surface area contributed by atoms with Crippen LogP contribution < -0.4 is 0 Å². The van der Waals surface area contributed by atoms with Crippen LogP contribution in [0, 0.1) is 35.0 Å². The minimum absolute atomic E-state index is 0.0773. The average molecular weight is 218 g/mol. The molecule has 0 aliphatic heterocycles. The Kier molecular flexibility index (Phi) is 1.98. The Hall–Kier alpha value is -0.590. The second-order valence-corrected chi connectivity index (χ2v) is 6.77. The van der Waals surface area contributed by atoms with E-state index in [9.17, 15) is 4.79 Å². The van der Waals surface area contributed by atoms with E-state index in [4.69, 9.17) is 0 Å². The molecule has 2 saturated carbocycles. The lowest BCUT2D eigenvalue weighted by atomic mass is 9.58. The lowest BCUT2D eigenvalue weighted by molar-refractivity contribution is -0.135. The molecule has 0 aromatic heterocycles. The van der Waals surface area contributed by atoms with Crippen molar-refractivity contribution in [2.45, 2.75) is 40.5 Å². The van der Waals surface area contributed by atoms with E-state index in [1.165, 1.54) is 6.42 Å². The van der Waals surface area contributed by atoms with Crippen LogP contribution in [0.3, 0.4) is 0 Å². The third kappa shape index (κ3) is 1.05. The van der Waals surface area contributed by atoms with Gasteiger partial charge in [0.05, 0.1) is 0 Å². The van der Waals surface area contributed by atoms with Gasteiger partial charge in [0.2, 0.25) is 0 Å². The van der Waals surface area contributed by atoms with Crippen molar-refractivity contribution in [1.82, 2.24) is 0 Å². The molecule has 5 atom stereocenters. The minimum atomic E-state index is -0.0773. The van der Waals surface area contributed by atoms with Gasteiger partial charge in [-0.1, -0.05) is 32.4 Å². The first-order chi connectivity index (χ1) is 7.44. The lowest BCUT2D eigenvalue weighted by Gasteiger charge is -2.45. The van der Waals surface area contributed by atoms with Gasteiger partial charge in [-0.2, -0.15) is 0 Å². The maximum atomic E-state index is 12.2. The van der Waals surface area contributed by atoms with Crippen molar-refractivity contribution in [1.29, 1.82) is 0 Å². The molecule has 88 valence electrons. The monoisotopic (exact) mass is 218 g/mol. The van der Waals surface area contributed by atoms with Crippen molar-refractivity contribution in [3.05, 3.63) is 11.6 Å². The number of allylic oxidation sites excluding steroid dienone is 2. The summed E-state index contributed by atoms with van der Waals surface area (Å²) in [6, 6.07) is 0. The molecule has 0 amide bonds. The van der Waals surface area contributed by atoms with Crippen molar-refractivity contribution < 1.29 is 4.79 Å². The SMILES string of the molecule is CC1=CC[C@H]2[C@@H](C)[C@H]3CC(=O)C(C)(C)[C@H]2[C@H]13. The smallest absolute Gasteiger partial charge is 0.139 e. The molecule has 0 unspecified atom stereocenters. The van der Waals surface area contributed by atoms with Crippen molar-refractivity contribution in [3.63, 3.8) is 0 Å². The van der Waals surface area contributed by atoms with Gasteiger partial charge in [-0.25, -0.2) is 0 Å². The molecule has 3 aliphatic carbocycles. The molecule has 2 fully saturated rings. The van der Waals surface area contributed by atoms with Crippen LogP contribution in [-0.2, 0) is 4.79 Å². The molecule has 16 heavy (non-hydrogen) atoms. The molecule has 4 bridgehead atoms. The first kappa shape index (κ1) is 10.6.